The number of ether oxygens (including phenoxy) is 2. The summed E-state index contributed by atoms with van der Waals surface area (Å²) in [6.45, 7) is 2.05. The number of rotatable bonds is 6. The molecule has 2 aliphatic rings. The second kappa shape index (κ2) is 8.95. The predicted octanol–water partition coefficient (Wildman–Crippen LogP) is 4.10. The van der Waals surface area contributed by atoms with E-state index in [1.807, 2.05) is 59.0 Å². The molecule has 2 atom stereocenters. The number of carbonyl (C=O) groups is 1. The van der Waals surface area contributed by atoms with Crippen molar-refractivity contribution in [3.05, 3.63) is 54.4 Å². The average Bonchev–Trinajstić information content (AvgIpc) is 3.29. The van der Waals surface area contributed by atoms with Crippen molar-refractivity contribution in [2.24, 2.45) is 0 Å². The van der Waals surface area contributed by atoms with Crippen LogP contribution in [-0.2, 0) is 0 Å². The van der Waals surface area contributed by atoms with E-state index in [1.165, 1.54) is 6.33 Å². The second-order valence-corrected chi connectivity index (χ2v) is 9.49. The molecule has 1 amide bonds. The van der Waals surface area contributed by atoms with Gasteiger partial charge in [0.1, 0.15) is 24.0 Å². The van der Waals surface area contributed by atoms with Crippen LogP contribution in [0.5, 0.6) is 11.5 Å². The molecule has 0 radical (unpaired) electrons. The van der Waals surface area contributed by atoms with Crippen molar-refractivity contribution >= 4 is 28.4 Å². The van der Waals surface area contributed by atoms with Crippen LogP contribution < -0.4 is 20.5 Å². The van der Waals surface area contributed by atoms with Gasteiger partial charge in [0.25, 0.3) is 5.91 Å². The molecule has 2 unspecified atom stereocenters. The summed E-state index contributed by atoms with van der Waals surface area (Å²) in [7, 11) is 3.19. The third-order valence-corrected chi connectivity index (χ3v) is 7.48. The smallest absolute Gasteiger partial charge is 0.257 e. The van der Waals surface area contributed by atoms with Crippen molar-refractivity contribution in [1.29, 1.82) is 0 Å². The van der Waals surface area contributed by atoms with Gasteiger partial charge in [-0.2, -0.15) is 5.10 Å². The molecule has 2 aromatic carbocycles. The molecule has 6 rings (SSSR count). The monoisotopic (exact) mass is 499 g/mol. The van der Waals surface area contributed by atoms with Gasteiger partial charge in [0.2, 0.25) is 0 Å². The SMILES string of the molecule is COc1ccc(-c2nn(C(C)C3Nc4ccccc4C(=O)N3C3CCC3)c3ncnc(N)c23)cc1OC. The van der Waals surface area contributed by atoms with Crippen molar-refractivity contribution in [2.45, 2.75) is 44.4 Å². The fraction of sp³-hybridized carbons (Fsp3) is 0.333. The molecule has 10 nitrogen and oxygen atoms in total. The fourth-order valence-corrected chi connectivity index (χ4v) is 5.30. The van der Waals surface area contributed by atoms with Crippen LogP contribution in [0, 0.1) is 0 Å². The van der Waals surface area contributed by atoms with Crippen LogP contribution in [0.1, 0.15) is 42.6 Å². The number of aromatic nitrogens is 4. The standard InChI is InChI=1S/C27H29N7O3/c1-15(25-31-19-10-5-4-9-18(19)27(35)33(25)17-7-6-8-17)34-26-22(24(28)29-14-30-26)23(32-34)16-11-12-20(36-2)21(13-16)37-3/h4-5,9-15,17,25,31H,6-8H2,1-3H3,(H2,28,29,30). The van der Waals surface area contributed by atoms with E-state index in [2.05, 4.69) is 15.3 Å². The second-order valence-electron chi connectivity index (χ2n) is 9.49. The van der Waals surface area contributed by atoms with Crippen LogP contribution in [0.15, 0.2) is 48.8 Å². The van der Waals surface area contributed by atoms with E-state index in [9.17, 15) is 4.79 Å². The first-order valence-electron chi connectivity index (χ1n) is 12.4. The minimum absolute atomic E-state index is 0.0432. The molecular weight excluding hydrogens is 470 g/mol. The van der Waals surface area contributed by atoms with Crippen molar-refractivity contribution < 1.29 is 14.3 Å². The lowest BCUT2D eigenvalue weighted by Crippen LogP contribution is -2.58. The maximum Gasteiger partial charge on any atom is 0.257 e. The van der Waals surface area contributed by atoms with E-state index in [4.69, 9.17) is 20.3 Å². The lowest BCUT2D eigenvalue weighted by Gasteiger charge is -2.47. The molecular formula is C27H29N7O3. The number of nitrogens with zero attached hydrogens (tertiary/aromatic N) is 5. The van der Waals surface area contributed by atoms with Crippen LogP contribution in [0.4, 0.5) is 11.5 Å². The summed E-state index contributed by atoms with van der Waals surface area (Å²) in [4.78, 5) is 24.5. The highest BCUT2D eigenvalue weighted by molar-refractivity contribution is 6.02. The van der Waals surface area contributed by atoms with E-state index < -0.39 is 0 Å². The average molecular weight is 500 g/mol. The molecule has 2 aromatic heterocycles. The summed E-state index contributed by atoms with van der Waals surface area (Å²) >= 11 is 0. The Kier molecular flexibility index (Phi) is 5.58. The van der Waals surface area contributed by atoms with Gasteiger partial charge in [-0.1, -0.05) is 12.1 Å². The van der Waals surface area contributed by atoms with E-state index in [1.54, 1.807) is 14.2 Å². The Morgan fingerprint density at radius 2 is 1.86 bits per heavy atom. The zero-order valence-electron chi connectivity index (χ0n) is 21.0. The van der Waals surface area contributed by atoms with E-state index in [0.29, 0.717) is 39.6 Å². The first-order chi connectivity index (χ1) is 18.0. The van der Waals surface area contributed by atoms with Gasteiger partial charge in [0.05, 0.1) is 31.2 Å². The van der Waals surface area contributed by atoms with Gasteiger partial charge in [-0.3, -0.25) is 4.79 Å². The van der Waals surface area contributed by atoms with Crippen LogP contribution in [0.25, 0.3) is 22.3 Å². The Morgan fingerprint density at radius 1 is 1.08 bits per heavy atom. The Balaban J connectivity index is 1.48. The first kappa shape index (κ1) is 23.1. The maximum atomic E-state index is 13.7. The third-order valence-electron chi connectivity index (χ3n) is 7.48. The van der Waals surface area contributed by atoms with Gasteiger partial charge in [-0.25, -0.2) is 14.6 Å². The summed E-state index contributed by atoms with van der Waals surface area (Å²) in [6.07, 6.45) is 4.23. The fourth-order valence-electron chi connectivity index (χ4n) is 5.30. The molecule has 0 saturated heterocycles. The number of benzene rings is 2. The summed E-state index contributed by atoms with van der Waals surface area (Å²) < 4.78 is 12.8. The Bertz CT molecular complexity index is 1500. The largest absolute Gasteiger partial charge is 0.493 e. The van der Waals surface area contributed by atoms with Gasteiger partial charge in [0.15, 0.2) is 17.1 Å². The van der Waals surface area contributed by atoms with Crippen LogP contribution in [-0.4, -0.2) is 57.0 Å². The Morgan fingerprint density at radius 3 is 2.59 bits per heavy atom. The highest BCUT2D eigenvalue weighted by atomic mass is 16.5. The Labute approximate surface area is 214 Å². The number of hydrogen-bond acceptors (Lipinski definition) is 8. The number of hydrogen-bond donors (Lipinski definition) is 2. The minimum Gasteiger partial charge on any atom is -0.493 e. The maximum absolute atomic E-state index is 13.7. The number of nitrogens with two attached hydrogens (primary N) is 1. The lowest BCUT2D eigenvalue weighted by atomic mass is 9.88. The molecule has 1 saturated carbocycles. The number of nitrogens with one attached hydrogen (secondary N) is 1. The molecule has 1 fully saturated rings. The van der Waals surface area contributed by atoms with Crippen molar-refractivity contribution in [3.63, 3.8) is 0 Å². The molecule has 3 N–H and O–H groups in total. The zero-order valence-corrected chi connectivity index (χ0v) is 21.0. The molecule has 4 aromatic rings. The highest BCUT2D eigenvalue weighted by Gasteiger charge is 2.42. The quantitative estimate of drug-likeness (QED) is 0.407. The van der Waals surface area contributed by atoms with Gasteiger partial charge < -0.3 is 25.4 Å². The number of nitrogen functional groups attached to an aromatic ring is 1. The molecule has 1 aliphatic carbocycles. The molecule has 3 heterocycles. The van der Waals surface area contributed by atoms with E-state index in [-0.39, 0.29) is 24.2 Å². The molecule has 0 bridgehead atoms. The first-order valence-corrected chi connectivity index (χ1v) is 12.4. The van der Waals surface area contributed by atoms with Crippen molar-refractivity contribution in [3.8, 4) is 22.8 Å². The summed E-state index contributed by atoms with van der Waals surface area (Å²) in [6, 6.07) is 13.2. The van der Waals surface area contributed by atoms with Crippen LogP contribution in [0.2, 0.25) is 0 Å². The van der Waals surface area contributed by atoms with Crippen molar-refractivity contribution in [2.75, 3.05) is 25.3 Å². The number of amides is 1. The summed E-state index contributed by atoms with van der Waals surface area (Å²) in [5, 5.41) is 9.28. The number of para-hydroxylation sites is 1. The minimum atomic E-state index is -0.315. The molecule has 1 aliphatic heterocycles. The van der Waals surface area contributed by atoms with Crippen LogP contribution in [0.3, 0.4) is 0 Å². The summed E-state index contributed by atoms with van der Waals surface area (Å²) in [5.41, 5.74) is 9.92. The van der Waals surface area contributed by atoms with Crippen LogP contribution >= 0.6 is 0 Å². The molecule has 10 heteroatoms. The predicted molar refractivity (Wildman–Crippen MR) is 141 cm³/mol. The molecule has 190 valence electrons. The van der Waals surface area contributed by atoms with Crippen molar-refractivity contribution in [1.82, 2.24) is 24.6 Å². The van der Waals surface area contributed by atoms with Gasteiger partial charge in [-0.05, 0) is 56.5 Å². The van der Waals surface area contributed by atoms with Gasteiger partial charge >= 0.3 is 0 Å². The van der Waals surface area contributed by atoms with E-state index in [0.717, 1.165) is 30.5 Å². The zero-order chi connectivity index (χ0) is 25.7. The number of carbonyl (C=O) groups excluding carboxylic acids is 1. The topological polar surface area (TPSA) is 120 Å². The summed E-state index contributed by atoms with van der Waals surface area (Å²) in [5.74, 6) is 1.58. The number of anilines is 2. The third kappa shape index (κ3) is 3.62. The van der Waals surface area contributed by atoms with E-state index >= 15 is 0 Å². The van der Waals surface area contributed by atoms with Gasteiger partial charge in [-0.15, -0.1) is 0 Å². The number of methoxy groups -OCH3 is 2. The molecule has 0 spiro atoms. The Hall–Kier alpha value is -4.34. The normalized spacial score (nSPS) is 18.2. The molecule has 37 heavy (non-hydrogen) atoms. The highest BCUT2D eigenvalue weighted by Crippen LogP contribution is 2.40. The van der Waals surface area contributed by atoms with Gasteiger partial charge in [0, 0.05) is 17.3 Å². The number of fused-ring (bicyclic) bond motifs is 2. The lowest BCUT2D eigenvalue weighted by molar-refractivity contribution is 0.0374.